The number of likely N-dealkylation sites (tertiary alicyclic amines) is 1. The van der Waals surface area contributed by atoms with Gasteiger partial charge in [0, 0.05) is 18.8 Å². The highest BCUT2D eigenvalue weighted by Crippen LogP contribution is 2.29. The van der Waals surface area contributed by atoms with E-state index in [1.165, 1.54) is 5.56 Å². The van der Waals surface area contributed by atoms with E-state index in [9.17, 15) is 4.79 Å². The average Bonchev–Trinajstić information content (AvgIpc) is 3.21. The standard InChI is InChI=1S/C18H22N4O2/c1-13-19-18(24-20-13)15-6-4-9-21(11-15)12-17(23)22-10-8-14-5-2-3-7-16(14)22/h2-3,5,7,15H,4,6,8-12H2,1H3. The number of nitrogens with zero attached hydrogens (tertiary/aromatic N) is 4. The van der Waals surface area contributed by atoms with Crippen LogP contribution in [0.1, 0.15) is 36.0 Å². The normalized spacial score (nSPS) is 21.0. The molecule has 0 saturated carbocycles. The van der Waals surface area contributed by atoms with E-state index in [1.54, 1.807) is 0 Å². The van der Waals surface area contributed by atoms with Crippen LogP contribution in [0.4, 0.5) is 5.69 Å². The lowest BCUT2D eigenvalue weighted by Gasteiger charge is -2.31. The van der Waals surface area contributed by atoms with Crippen molar-refractivity contribution in [2.45, 2.75) is 32.1 Å². The Morgan fingerprint density at radius 1 is 1.33 bits per heavy atom. The van der Waals surface area contributed by atoms with Crippen LogP contribution in [-0.2, 0) is 11.2 Å². The van der Waals surface area contributed by atoms with Gasteiger partial charge in [0.2, 0.25) is 11.8 Å². The molecule has 2 aromatic rings. The maximum absolute atomic E-state index is 12.8. The van der Waals surface area contributed by atoms with E-state index in [1.807, 2.05) is 30.0 Å². The molecule has 6 heteroatoms. The van der Waals surface area contributed by atoms with E-state index >= 15 is 0 Å². The monoisotopic (exact) mass is 326 g/mol. The number of hydrogen-bond acceptors (Lipinski definition) is 5. The summed E-state index contributed by atoms with van der Waals surface area (Å²) < 4.78 is 5.32. The van der Waals surface area contributed by atoms with Crippen LogP contribution in [0.15, 0.2) is 28.8 Å². The molecule has 6 nitrogen and oxygen atoms in total. The third-order valence-corrected chi connectivity index (χ3v) is 4.95. The van der Waals surface area contributed by atoms with Crippen LogP contribution < -0.4 is 4.90 Å². The maximum Gasteiger partial charge on any atom is 0.241 e. The molecule has 1 unspecified atom stereocenters. The highest BCUT2D eigenvalue weighted by Gasteiger charge is 2.29. The van der Waals surface area contributed by atoms with Gasteiger partial charge < -0.3 is 9.42 Å². The minimum atomic E-state index is 0.183. The largest absolute Gasteiger partial charge is 0.339 e. The Labute approximate surface area is 141 Å². The molecule has 0 N–H and O–H groups in total. The fourth-order valence-electron chi connectivity index (χ4n) is 3.75. The number of carbonyl (C=O) groups excluding carboxylic acids is 1. The molecule has 0 bridgehead atoms. The van der Waals surface area contributed by atoms with Crippen LogP contribution in [-0.4, -0.2) is 47.1 Å². The van der Waals surface area contributed by atoms with Gasteiger partial charge in [-0.25, -0.2) is 0 Å². The van der Waals surface area contributed by atoms with Crippen molar-refractivity contribution in [1.29, 1.82) is 0 Å². The second-order valence-electron chi connectivity index (χ2n) is 6.68. The van der Waals surface area contributed by atoms with Crippen molar-refractivity contribution in [3.05, 3.63) is 41.5 Å². The molecular formula is C18H22N4O2. The third-order valence-electron chi connectivity index (χ3n) is 4.95. The number of amides is 1. The van der Waals surface area contributed by atoms with E-state index in [-0.39, 0.29) is 11.8 Å². The van der Waals surface area contributed by atoms with E-state index in [4.69, 9.17) is 4.52 Å². The van der Waals surface area contributed by atoms with Gasteiger partial charge in [-0.1, -0.05) is 23.4 Å². The minimum absolute atomic E-state index is 0.183. The lowest BCUT2D eigenvalue weighted by Crippen LogP contribution is -2.43. The molecule has 1 aromatic heterocycles. The zero-order valence-electron chi connectivity index (χ0n) is 13.9. The first-order valence-corrected chi connectivity index (χ1v) is 8.61. The van der Waals surface area contributed by atoms with Crippen molar-refractivity contribution in [1.82, 2.24) is 15.0 Å². The van der Waals surface area contributed by atoms with E-state index < -0.39 is 0 Å². The van der Waals surface area contributed by atoms with Crippen LogP contribution in [0.25, 0.3) is 0 Å². The van der Waals surface area contributed by atoms with Gasteiger partial charge in [-0.2, -0.15) is 4.98 Å². The van der Waals surface area contributed by atoms with Gasteiger partial charge in [0.05, 0.1) is 12.5 Å². The molecule has 4 rings (SSSR count). The molecule has 1 atom stereocenters. The van der Waals surface area contributed by atoms with Crippen LogP contribution in [0, 0.1) is 6.92 Å². The van der Waals surface area contributed by atoms with Gasteiger partial charge in [-0.05, 0) is 44.4 Å². The maximum atomic E-state index is 12.8. The lowest BCUT2D eigenvalue weighted by atomic mass is 9.98. The summed E-state index contributed by atoms with van der Waals surface area (Å²) in [4.78, 5) is 21.3. The molecule has 1 fully saturated rings. The Bertz CT molecular complexity index is 742. The van der Waals surface area contributed by atoms with Crippen molar-refractivity contribution in [3.8, 4) is 0 Å². The Hall–Kier alpha value is -2.21. The summed E-state index contributed by atoms with van der Waals surface area (Å²) in [6.45, 7) is 4.84. The smallest absolute Gasteiger partial charge is 0.241 e. The van der Waals surface area contributed by atoms with Crippen molar-refractivity contribution in [3.63, 3.8) is 0 Å². The summed E-state index contributed by atoms with van der Waals surface area (Å²) in [7, 11) is 0. The average molecular weight is 326 g/mol. The molecule has 1 aromatic carbocycles. The van der Waals surface area contributed by atoms with E-state index in [2.05, 4.69) is 21.1 Å². The fraction of sp³-hybridized carbons (Fsp3) is 0.500. The molecule has 0 aliphatic carbocycles. The van der Waals surface area contributed by atoms with Crippen LogP contribution in [0.2, 0.25) is 0 Å². The van der Waals surface area contributed by atoms with Crippen LogP contribution in [0.3, 0.4) is 0 Å². The topological polar surface area (TPSA) is 62.5 Å². The zero-order valence-corrected chi connectivity index (χ0v) is 13.9. The molecular weight excluding hydrogens is 304 g/mol. The highest BCUT2D eigenvalue weighted by atomic mass is 16.5. The number of hydrogen-bond donors (Lipinski definition) is 0. The number of anilines is 1. The van der Waals surface area contributed by atoms with Crippen molar-refractivity contribution >= 4 is 11.6 Å². The first-order valence-electron chi connectivity index (χ1n) is 8.61. The number of benzene rings is 1. The summed E-state index contributed by atoms with van der Waals surface area (Å²) in [6.07, 6.45) is 3.04. The fourth-order valence-corrected chi connectivity index (χ4v) is 3.75. The molecule has 0 radical (unpaired) electrons. The number of fused-ring (bicyclic) bond motifs is 1. The Kier molecular flexibility index (Phi) is 4.06. The molecule has 2 aliphatic rings. The lowest BCUT2D eigenvalue weighted by molar-refractivity contribution is -0.120. The van der Waals surface area contributed by atoms with E-state index in [0.29, 0.717) is 18.3 Å². The van der Waals surface area contributed by atoms with Gasteiger partial charge in [0.25, 0.3) is 0 Å². The van der Waals surface area contributed by atoms with Crippen LogP contribution in [0.5, 0.6) is 0 Å². The first-order chi connectivity index (χ1) is 11.7. The quantitative estimate of drug-likeness (QED) is 0.865. The summed E-state index contributed by atoms with van der Waals surface area (Å²) in [6, 6.07) is 8.19. The third kappa shape index (κ3) is 2.94. The van der Waals surface area contributed by atoms with Gasteiger partial charge >= 0.3 is 0 Å². The number of aryl methyl sites for hydroxylation is 1. The van der Waals surface area contributed by atoms with Gasteiger partial charge in [0.15, 0.2) is 5.82 Å². The van der Waals surface area contributed by atoms with Crippen molar-refractivity contribution < 1.29 is 9.32 Å². The Morgan fingerprint density at radius 3 is 3.04 bits per heavy atom. The summed E-state index contributed by atoms with van der Waals surface area (Å²) in [5, 5.41) is 3.89. The second-order valence-corrected chi connectivity index (χ2v) is 6.68. The predicted molar refractivity (Wildman–Crippen MR) is 89.9 cm³/mol. The summed E-state index contributed by atoms with van der Waals surface area (Å²) in [5.74, 6) is 1.80. The highest BCUT2D eigenvalue weighted by molar-refractivity contribution is 5.96. The number of para-hydroxylation sites is 1. The number of carbonyl (C=O) groups is 1. The molecule has 126 valence electrons. The zero-order chi connectivity index (χ0) is 16.5. The van der Waals surface area contributed by atoms with Crippen molar-refractivity contribution in [2.75, 3.05) is 31.1 Å². The summed E-state index contributed by atoms with van der Waals surface area (Å²) in [5.41, 5.74) is 2.34. The summed E-state index contributed by atoms with van der Waals surface area (Å²) >= 11 is 0. The van der Waals surface area contributed by atoms with Crippen molar-refractivity contribution in [2.24, 2.45) is 0 Å². The van der Waals surface area contributed by atoms with E-state index in [0.717, 1.165) is 44.6 Å². The first kappa shape index (κ1) is 15.3. The molecule has 24 heavy (non-hydrogen) atoms. The number of aromatic nitrogens is 2. The SMILES string of the molecule is Cc1noc(C2CCCN(CC(=O)N3CCc4ccccc43)C2)n1. The van der Waals surface area contributed by atoms with Crippen LogP contribution >= 0.6 is 0 Å². The molecule has 0 spiro atoms. The van der Waals surface area contributed by atoms with Gasteiger partial charge in [-0.15, -0.1) is 0 Å². The molecule has 3 heterocycles. The number of piperidine rings is 1. The molecule has 1 amide bonds. The Balaban J connectivity index is 1.41. The van der Waals surface area contributed by atoms with Gasteiger partial charge in [0.1, 0.15) is 0 Å². The molecule has 2 aliphatic heterocycles. The molecule has 1 saturated heterocycles. The second kappa shape index (κ2) is 6.36. The van der Waals surface area contributed by atoms with Gasteiger partial charge in [-0.3, -0.25) is 9.69 Å². The number of rotatable bonds is 3. The minimum Gasteiger partial charge on any atom is -0.339 e. The predicted octanol–water partition coefficient (Wildman–Crippen LogP) is 2.15. The Morgan fingerprint density at radius 2 is 2.21 bits per heavy atom.